The third-order valence-corrected chi connectivity index (χ3v) is 12.2. The number of halogens is 3. The zero-order valence-corrected chi connectivity index (χ0v) is 32.8. The molecule has 14 nitrogen and oxygen atoms in total. The molecule has 9 rings (SSSR count). The lowest BCUT2D eigenvalue weighted by Gasteiger charge is -2.28. The van der Waals surface area contributed by atoms with E-state index in [2.05, 4.69) is 15.5 Å². The van der Waals surface area contributed by atoms with E-state index in [4.69, 9.17) is 15.1 Å². The fourth-order valence-electron chi connectivity index (χ4n) is 8.88. The maximum absolute atomic E-state index is 14.2. The number of aromatic nitrogens is 6. The number of phenols is 1. The van der Waals surface area contributed by atoms with Crippen molar-refractivity contribution in [3.05, 3.63) is 105 Å². The molecule has 1 atom stereocenters. The first-order valence-corrected chi connectivity index (χ1v) is 20.2. The van der Waals surface area contributed by atoms with E-state index in [-0.39, 0.29) is 36.5 Å². The number of piperidine rings is 1. The van der Waals surface area contributed by atoms with Gasteiger partial charge in [-0.05, 0) is 87.2 Å². The van der Waals surface area contributed by atoms with Gasteiger partial charge in [0.05, 0.1) is 33.8 Å². The van der Waals surface area contributed by atoms with Gasteiger partial charge in [-0.3, -0.25) is 38.4 Å². The highest BCUT2D eigenvalue weighted by Gasteiger charge is 2.32. The molecular weight excluding hydrogens is 780 g/mol. The summed E-state index contributed by atoms with van der Waals surface area (Å²) in [6.07, 6.45) is 9.28. The molecule has 0 radical (unpaired) electrons. The standard InChI is InChI=1S/C43H42F3N9O5/c1-52-35-15-23(6-11-33(35)55(43(52)60)34-12-13-36(56)50-42(34)59)3-2-14-53-20-27-19-47-40(49-32(27)22-53)25-7-8-26-21-54(51-31(26)16-25)28-9-4-24(5-10-28)18-48-41(58)29-17-30(44)39(57)38(46)37(29)45/h6-8,11,15-17,19,21,24,28,34,57H,2-5,9-10,12-14,18,20,22H2,1H3,(H,48,58)(H,50,56,59). The second kappa shape index (κ2) is 15.7. The summed E-state index contributed by atoms with van der Waals surface area (Å²) in [7, 11) is 1.70. The Hall–Kier alpha value is -6.36. The third kappa shape index (κ3) is 7.31. The molecule has 6 aromatic rings. The van der Waals surface area contributed by atoms with Crippen molar-refractivity contribution in [3.63, 3.8) is 0 Å². The average molecular weight is 822 g/mol. The molecule has 3 aromatic heterocycles. The Morgan fingerprint density at radius 1 is 0.967 bits per heavy atom. The number of hydrogen-bond donors (Lipinski definition) is 3. The summed E-state index contributed by atoms with van der Waals surface area (Å²) in [5.41, 5.74) is 5.24. The van der Waals surface area contributed by atoms with Gasteiger partial charge in [-0.2, -0.15) is 9.49 Å². The van der Waals surface area contributed by atoms with Gasteiger partial charge < -0.3 is 10.4 Å². The van der Waals surface area contributed by atoms with Gasteiger partial charge in [-0.25, -0.2) is 23.5 Å². The quantitative estimate of drug-likeness (QED) is 0.122. The largest absolute Gasteiger partial charge is 0.503 e. The molecule has 1 saturated heterocycles. The summed E-state index contributed by atoms with van der Waals surface area (Å²) in [6, 6.07) is 11.9. The van der Waals surface area contributed by atoms with E-state index in [0.29, 0.717) is 30.4 Å². The Bertz CT molecular complexity index is 2770. The molecule has 60 heavy (non-hydrogen) atoms. The minimum atomic E-state index is -1.79. The minimum absolute atomic E-state index is 0.103. The predicted octanol–water partition coefficient (Wildman–Crippen LogP) is 5.36. The van der Waals surface area contributed by atoms with Crippen LogP contribution in [-0.2, 0) is 36.1 Å². The van der Waals surface area contributed by atoms with Crippen molar-refractivity contribution in [2.75, 3.05) is 13.1 Å². The van der Waals surface area contributed by atoms with Gasteiger partial charge in [0.25, 0.3) is 5.91 Å². The molecule has 1 aliphatic carbocycles. The number of fused-ring (bicyclic) bond motifs is 3. The first-order valence-electron chi connectivity index (χ1n) is 20.2. The molecule has 310 valence electrons. The Morgan fingerprint density at radius 2 is 1.78 bits per heavy atom. The number of rotatable bonds is 10. The molecule has 0 bridgehead atoms. The van der Waals surface area contributed by atoms with Crippen LogP contribution in [0.15, 0.2) is 59.7 Å². The highest BCUT2D eigenvalue weighted by atomic mass is 19.2. The van der Waals surface area contributed by atoms with Gasteiger partial charge in [-0.15, -0.1) is 0 Å². The van der Waals surface area contributed by atoms with Gasteiger partial charge in [-0.1, -0.05) is 18.2 Å². The van der Waals surface area contributed by atoms with Gasteiger partial charge in [0.2, 0.25) is 17.6 Å². The number of hydrogen-bond acceptors (Lipinski definition) is 9. The van der Waals surface area contributed by atoms with E-state index in [9.17, 15) is 37.5 Å². The highest BCUT2D eigenvalue weighted by molar-refractivity contribution is 6.00. The van der Waals surface area contributed by atoms with Crippen molar-refractivity contribution in [2.45, 2.75) is 76.5 Å². The molecule has 1 saturated carbocycles. The first-order chi connectivity index (χ1) is 28.9. The molecule has 3 amide bonds. The molecule has 2 fully saturated rings. The van der Waals surface area contributed by atoms with Crippen LogP contribution in [0.25, 0.3) is 33.3 Å². The van der Waals surface area contributed by atoms with E-state index in [1.165, 1.54) is 4.57 Å². The molecule has 17 heteroatoms. The number of aryl methyl sites for hydroxylation is 2. The smallest absolute Gasteiger partial charge is 0.329 e. The monoisotopic (exact) mass is 821 g/mol. The highest BCUT2D eigenvalue weighted by Crippen LogP contribution is 2.34. The van der Waals surface area contributed by atoms with Gasteiger partial charge >= 0.3 is 5.69 Å². The minimum Gasteiger partial charge on any atom is -0.503 e. The van der Waals surface area contributed by atoms with Crippen LogP contribution < -0.4 is 16.3 Å². The van der Waals surface area contributed by atoms with Crippen LogP contribution in [0, 0.1) is 23.4 Å². The molecular formula is C43H42F3N9O5. The topological polar surface area (TPSA) is 169 Å². The Kier molecular flexibility index (Phi) is 10.2. The normalized spacial score (nSPS) is 19.6. The summed E-state index contributed by atoms with van der Waals surface area (Å²) in [5.74, 6) is -7.20. The van der Waals surface area contributed by atoms with E-state index in [1.54, 1.807) is 11.6 Å². The number of aromatic hydroxyl groups is 1. The molecule has 5 heterocycles. The van der Waals surface area contributed by atoms with E-state index in [0.717, 1.165) is 90.4 Å². The van der Waals surface area contributed by atoms with Crippen molar-refractivity contribution in [2.24, 2.45) is 13.0 Å². The number of nitrogens with one attached hydrogen (secondary N) is 2. The number of imide groups is 1. The summed E-state index contributed by atoms with van der Waals surface area (Å²) in [5, 5.41) is 20.1. The Balaban J connectivity index is 0.782. The molecule has 0 spiro atoms. The third-order valence-electron chi connectivity index (χ3n) is 12.2. The number of benzene rings is 3. The number of carbonyl (C=O) groups excluding carboxylic acids is 3. The lowest BCUT2D eigenvalue weighted by Crippen LogP contribution is -2.44. The van der Waals surface area contributed by atoms with E-state index < -0.39 is 46.6 Å². The van der Waals surface area contributed by atoms with Crippen molar-refractivity contribution in [1.29, 1.82) is 0 Å². The van der Waals surface area contributed by atoms with Crippen LogP contribution >= 0.6 is 0 Å². The van der Waals surface area contributed by atoms with E-state index in [1.807, 2.05) is 53.5 Å². The lowest BCUT2D eigenvalue weighted by molar-refractivity contribution is -0.135. The second-order valence-electron chi connectivity index (χ2n) is 16.1. The molecule has 1 unspecified atom stereocenters. The summed E-state index contributed by atoms with van der Waals surface area (Å²) in [4.78, 5) is 61.9. The first kappa shape index (κ1) is 39.1. The Morgan fingerprint density at radius 3 is 2.58 bits per heavy atom. The predicted molar refractivity (Wildman–Crippen MR) is 213 cm³/mol. The van der Waals surface area contributed by atoms with Crippen LogP contribution in [-0.4, -0.2) is 69.7 Å². The van der Waals surface area contributed by atoms with Crippen molar-refractivity contribution in [3.8, 4) is 17.1 Å². The van der Waals surface area contributed by atoms with Crippen LogP contribution in [0.1, 0.15) is 84.2 Å². The maximum atomic E-state index is 14.2. The summed E-state index contributed by atoms with van der Waals surface area (Å²) in [6.45, 7) is 2.54. The lowest BCUT2D eigenvalue weighted by atomic mass is 9.86. The molecule has 2 aliphatic heterocycles. The van der Waals surface area contributed by atoms with Crippen LogP contribution in [0.2, 0.25) is 0 Å². The summed E-state index contributed by atoms with van der Waals surface area (Å²) < 4.78 is 46.7. The second-order valence-corrected chi connectivity index (χ2v) is 16.1. The average Bonchev–Trinajstić information content (AvgIpc) is 3.93. The van der Waals surface area contributed by atoms with Crippen molar-refractivity contribution in [1.82, 2.24) is 44.4 Å². The van der Waals surface area contributed by atoms with Gasteiger partial charge in [0, 0.05) is 62.0 Å². The number of amides is 3. The number of carbonyl (C=O) groups is 3. The van der Waals surface area contributed by atoms with Crippen LogP contribution in [0.3, 0.4) is 0 Å². The van der Waals surface area contributed by atoms with Gasteiger partial charge in [0.15, 0.2) is 23.2 Å². The number of nitrogens with zero attached hydrogens (tertiary/aromatic N) is 7. The maximum Gasteiger partial charge on any atom is 0.329 e. The van der Waals surface area contributed by atoms with Crippen LogP contribution in [0.5, 0.6) is 5.75 Å². The zero-order chi connectivity index (χ0) is 41.8. The van der Waals surface area contributed by atoms with E-state index >= 15 is 0 Å². The Labute approximate surface area is 341 Å². The van der Waals surface area contributed by atoms with Gasteiger partial charge in [0.1, 0.15) is 6.04 Å². The van der Waals surface area contributed by atoms with Crippen molar-refractivity contribution < 1.29 is 32.7 Å². The molecule has 3 aromatic carbocycles. The van der Waals surface area contributed by atoms with Crippen LogP contribution in [0.4, 0.5) is 13.2 Å². The molecule has 3 aliphatic rings. The van der Waals surface area contributed by atoms with Crippen molar-refractivity contribution >= 4 is 39.7 Å². The SMILES string of the molecule is Cn1c(=O)n(C2CCC(=O)NC2=O)c2ccc(CCCN3Cc4cnc(-c5ccc6cn(C7CCC(CNC(=O)c8cc(F)c(O)c(F)c8F)CC7)nc6c5)nc4C3)cc21. The number of imidazole rings is 1. The number of phenolic OH excluding ortho intramolecular Hbond substituents is 1. The summed E-state index contributed by atoms with van der Waals surface area (Å²) >= 11 is 0. The molecule has 3 N–H and O–H groups in total. The zero-order valence-electron chi connectivity index (χ0n) is 32.8. The fraction of sp³-hybridized carbons (Fsp3) is 0.372. The fourth-order valence-corrected chi connectivity index (χ4v) is 8.88.